The second-order valence-electron chi connectivity index (χ2n) is 8.49. The summed E-state index contributed by atoms with van der Waals surface area (Å²) in [5, 5.41) is 13.4. The molecule has 1 amide bonds. The molecule has 1 aromatic carbocycles. The summed E-state index contributed by atoms with van der Waals surface area (Å²) in [5.74, 6) is -0.180. The summed E-state index contributed by atoms with van der Waals surface area (Å²) in [6, 6.07) is 9.42. The van der Waals surface area contributed by atoms with Crippen molar-refractivity contribution in [2.24, 2.45) is 0 Å². The Kier molecular flexibility index (Phi) is 9.01. The van der Waals surface area contributed by atoms with Gasteiger partial charge in [0, 0.05) is 62.4 Å². The number of benzene rings is 1. The van der Waals surface area contributed by atoms with Crippen LogP contribution in [0, 0.1) is 6.92 Å². The lowest BCUT2D eigenvalue weighted by atomic mass is 10.1. The summed E-state index contributed by atoms with van der Waals surface area (Å²) in [5.41, 5.74) is 5.22. The van der Waals surface area contributed by atoms with Gasteiger partial charge in [0.05, 0.1) is 9.75 Å². The quantitative estimate of drug-likeness (QED) is 0.428. The van der Waals surface area contributed by atoms with E-state index in [2.05, 4.69) is 49.2 Å². The van der Waals surface area contributed by atoms with E-state index in [-0.39, 0.29) is 5.91 Å². The van der Waals surface area contributed by atoms with Gasteiger partial charge in [0.2, 0.25) is 0 Å². The van der Waals surface area contributed by atoms with Gasteiger partial charge in [-0.3, -0.25) is 9.59 Å². The van der Waals surface area contributed by atoms with Crippen LogP contribution in [0.4, 0.5) is 11.4 Å². The van der Waals surface area contributed by atoms with E-state index in [9.17, 15) is 9.59 Å². The molecule has 9 nitrogen and oxygen atoms in total. The fourth-order valence-corrected chi connectivity index (χ4v) is 4.66. The first-order valence-electron chi connectivity index (χ1n) is 12.1. The minimum Gasteiger partial charge on any atom is -0.388 e. The van der Waals surface area contributed by atoms with Gasteiger partial charge >= 0.3 is 0 Å². The first-order chi connectivity index (χ1) is 18.1. The Hall–Kier alpha value is -4.02. The highest BCUT2D eigenvalue weighted by Crippen LogP contribution is 2.24. The van der Waals surface area contributed by atoms with Gasteiger partial charge in [-0.1, -0.05) is 6.08 Å². The number of carbonyl (C=O) groups is 2. The van der Waals surface area contributed by atoms with Gasteiger partial charge in [-0.05, 0) is 61.0 Å². The van der Waals surface area contributed by atoms with Crippen LogP contribution in [-0.2, 0) is 0 Å². The summed E-state index contributed by atoms with van der Waals surface area (Å²) < 4.78 is 1.78. The normalized spacial score (nSPS) is 15.0. The number of hydrogen-bond acceptors (Lipinski definition) is 8. The highest BCUT2D eigenvalue weighted by atomic mass is 32.1. The minimum absolute atomic E-state index is 0.180. The number of likely N-dealkylation sites (N-methyl/N-ethyl adjacent to an activating group) is 1. The number of thiophene rings is 1. The van der Waals surface area contributed by atoms with Crippen LogP contribution in [0.25, 0.3) is 5.70 Å². The van der Waals surface area contributed by atoms with Crippen molar-refractivity contribution in [2.75, 3.05) is 43.4 Å². The molecule has 1 aliphatic carbocycles. The molecule has 1 aliphatic heterocycles. The van der Waals surface area contributed by atoms with Crippen molar-refractivity contribution in [2.45, 2.75) is 13.3 Å². The number of nitrogens with one attached hydrogen (secondary N) is 3. The third-order valence-corrected chi connectivity index (χ3v) is 7.00. The number of amides is 1. The first-order valence-corrected chi connectivity index (χ1v) is 12.9. The zero-order valence-corrected chi connectivity index (χ0v) is 21.8. The molecule has 3 aromatic rings. The van der Waals surface area contributed by atoms with Crippen molar-refractivity contribution in [3.63, 3.8) is 0 Å². The van der Waals surface area contributed by atoms with Crippen LogP contribution in [0.1, 0.15) is 31.3 Å². The van der Waals surface area contributed by atoms with Gasteiger partial charge in [0.25, 0.3) is 5.91 Å². The van der Waals surface area contributed by atoms with E-state index >= 15 is 0 Å². The van der Waals surface area contributed by atoms with E-state index in [1.165, 1.54) is 23.4 Å². The lowest BCUT2D eigenvalue weighted by Gasteiger charge is -2.30. The van der Waals surface area contributed by atoms with Crippen LogP contribution in [0.15, 0.2) is 73.0 Å². The van der Waals surface area contributed by atoms with Crippen LogP contribution in [0.3, 0.4) is 0 Å². The lowest BCUT2D eigenvalue weighted by molar-refractivity contribution is 0.103. The van der Waals surface area contributed by atoms with Gasteiger partial charge in [0.1, 0.15) is 12.7 Å². The number of piperazine rings is 1. The standard InChI is InChI=1S/C17H19N3O2S.C10H12N4/c1-12-10-13(20-8-6-18-7-9-20)2-4-15(12)19-17(22)16-5-3-14(11-21)23-16;1-11-9-3-2-4-10(6-5-9)14-8-12-7-13-14/h2-5,10-11,18H,6-9H2,1H3,(H,19,22);2-3,5-8,11H,4H2,1H3. The number of aromatic nitrogens is 3. The molecule has 0 radical (unpaired) electrons. The van der Waals surface area contributed by atoms with Crippen molar-refractivity contribution in [3.05, 3.63) is 88.3 Å². The Balaban J connectivity index is 0.000000195. The first kappa shape index (κ1) is 26.1. The number of allylic oxidation sites excluding steroid dienone is 5. The fourth-order valence-electron chi connectivity index (χ4n) is 3.94. The monoisotopic (exact) mass is 517 g/mol. The number of anilines is 2. The Bertz CT molecular complexity index is 1300. The van der Waals surface area contributed by atoms with E-state index in [0.717, 1.165) is 61.5 Å². The third-order valence-electron chi connectivity index (χ3n) is 5.99. The van der Waals surface area contributed by atoms with Crippen LogP contribution in [0.5, 0.6) is 0 Å². The molecule has 0 unspecified atom stereocenters. The topological polar surface area (TPSA) is 104 Å². The average Bonchev–Trinajstić information content (AvgIpc) is 3.59. The zero-order chi connectivity index (χ0) is 26.0. The van der Waals surface area contributed by atoms with E-state index in [4.69, 9.17) is 0 Å². The number of nitrogens with zero attached hydrogens (tertiary/aromatic N) is 4. The SMILES string of the molecule is CNC1=CC=C(n2cncn2)CC=C1.Cc1cc(N2CCNCC2)ccc1NC(=O)c1ccc(C=O)s1. The van der Waals surface area contributed by atoms with Gasteiger partial charge in [-0.2, -0.15) is 5.10 Å². The van der Waals surface area contributed by atoms with Crippen LogP contribution < -0.4 is 20.9 Å². The summed E-state index contributed by atoms with van der Waals surface area (Å²) in [6.45, 7) is 5.97. The number of hydrogen-bond donors (Lipinski definition) is 3. The highest BCUT2D eigenvalue weighted by molar-refractivity contribution is 7.15. The molecule has 2 aromatic heterocycles. The maximum absolute atomic E-state index is 12.2. The maximum atomic E-state index is 12.2. The lowest BCUT2D eigenvalue weighted by Crippen LogP contribution is -2.43. The molecule has 0 saturated carbocycles. The Morgan fingerprint density at radius 3 is 2.68 bits per heavy atom. The largest absolute Gasteiger partial charge is 0.388 e. The maximum Gasteiger partial charge on any atom is 0.265 e. The molecule has 192 valence electrons. The van der Waals surface area contributed by atoms with E-state index in [0.29, 0.717) is 9.75 Å². The van der Waals surface area contributed by atoms with Crippen molar-refractivity contribution >= 4 is 40.6 Å². The molecule has 37 heavy (non-hydrogen) atoms. The van der Waals surface area contributed by atoms with Gasteiger partial charge in [0.15, 0.2) is 6.29 Å². The number of carbonyl (C=O) groups excluding carboxylic acids is 2. The van der Waals surface area contributed by atoms with E-state index < -0.39 is 0 Å². The minimum atomic E-state index is -0.180. The Morgan fingerprint density at radius 2 is 2.00 bits per heavy atom. The summed E-state index contributed by atoms with van der Waals surface area (Å²) in [4.78, 5) is 30.3. The molecular weight excluding hydrogens is 486 g/mol. The predicted molar refractivity (Wildman–Crippen MR) is 149 cm³/mol. The van der Waals surface area contributed by atoms with Crippen LogP contribution in [0.2, 0.25) is 0 Å². The van der Waals surface area contributed by atoms with Crippen LogP contribution >= 0.6 is 11.3 Å². The van der Waals surface area contributed by atoms with E-state index in [1.54, 1.807) is 23.1 Å². The number of aryl methyl sites for hydroxylation is 1. The van der Waals surface area contributed by atoms with Gasteiger partial charge < -0.3 is 20.9 Å². The fraction of sp³-hybridized carbons (Fsp3) is 0.259. The average molecular weight is 518 g/mol. The van der Waals surface area contributed by atoms with Crippen LogP contribution in [-0.4, -0.2) is 60.2 Å². The van der Waals surface area contributed by atoms with Crippen molar-refractivity contribution in [1.29, 1.82) is 0 Å². The van der Waals surface area contributed by atoms with Gasteiger partial charge in [-0.15, -0.1) is 11.3 Å². The molecule has 1 fully saturated rings. The second kappa shape index (κ2) is 12.8. The van der Waals surface area contributed by atoms with Crippen molar-refractivity contribution in [1.82, 2.24) is 25.4 Å². The number of aldehydes is 1. The predicted octanol–water partition coefficient (Wildman–Crippen LogP) is 3.71. The molecule has 0 spiro atoms. The zero-order valence-electron chi connectivity index (χ0n) is 21.0. The van der Waals surface area contributed by atoms with Crippen molar-refractivity contribution in [3.8, 4) is 0 Å². The Labute approximate surface area is 220 Å². The smallest absolute Gasteiger partial charge is 0.265 e. The Morgan fingerprint density at radius 1 is 1.16 bits per heavy atom. The molecule has 2 aliphatic rings. The van der Waals surface area contributed by atoms with E-state index in [1.807, 2.05) is 38.3 Å². The molecule has 10 heteroatoms. The molecule has 0 bridgehead atoms. The highest BCUT2D eigenvalue weighted by Gasteiger charge is 2.14. The molecule has 5 rings (SSSR count). The molecular formula is C27H31N7O2S. The number of rotatable bonds is 6. The third kappa shape index (κ3) is 7.02. The molecule has 1 saturated heterocycles. The van der Waals surface area contributed by atoms with Gasteiger partial charge in [-0.25, -0.2) is 9.67 Å². The summed E-state index contributed by atoms with van der Waals surface area (Å²) >= 11 is 1.20. The second-order valence-corrected chi connectivity index (χ2v) is 9.60. The molecule has 3 heterocycles. The molecule has 3 N–H and O–H groups in total. The summed E-state index contributed by atoms with van der Waals surface area (Å²) in [7, 11) is 1.91. The molecule has 0 atom stereocenters. The summed E-state index contributed by atoms with van der Waals surface area (Å²) in [6.07, 6.45) is 13.1. The van der Waals surface area contributed by atoms with Crippen molar-refractivity contribution < 1.29 is 9.59 Å².